The molecule has 0 aliphatic carbocycles. The highest BCUT2D eigenvalue weighted by Gasteiger charge is 2.03. The van der Waals surface area contributed by atoms with E-state index in [9.17, 15) is 14.9 Å². The summed E-state index contributed by atoms with van der Waals surface area (Å²) in [6.07, 6.45) is 3.01. The van der Waals surface area contributed by atoms with Crippen LogP contribution in [0.15, 0.2) is 46.9 Å². The minimum Gasteiger partial charge on any atom is -0.462 e. The molecule has 2 rings (SSSR count). The Kier molecular flexibility index (Phi) is 5.51. The fourth-order valence-electron chi connectivity index (χ4n) is 1.85. The van der Waals surface area contributed by atoms with Gasteiger partial charge in [-0.2, -0.15) is 0 Å². The van der Waals surface area contributed by atoms with Gasteiger partial charge in [-0.1, -0.05) is 0 Å². The molecule has 1 heterocycles. The summed E-state index contributed by atoms with van der Waals surface area (Å²) in [5, 5.41) is 16.3. The molecule has 0 saturated carbocycles. The van der Waals surface area contributed by atoms with E-state index >= 15 is 0 Å². The second-order valence-corrected chi connectivity index (χ2v) is 4.80. The molecule has 0 bridgehead atoms. The van der Waals surface area contributed by atoms with Gasteiger partial charge in [-0.3, -0.25) is 14.9 Å². The largest absolute Gasteiger partial charge is 0.462 e. The van der Waals surface area contributed by atoms with Gasteiger partial charge in [0, 0.05) is 37.0 Å². The Bertz CT molecular complexity index is 704. The van der Waals surface area contributed by atoms with E-state index in [0.29, 0.717) is 18.8 Å². The Balaban J connectivity index is 1.69. The van der Waals surface area contributed by atoms with E-state index in [2.05, 4.69) is 10.6 Å². The molecule has 0 radical (unpaired) electrons. The van der Waals surface area contributed by atoms with Crippen LogP contribution in [-0.2, 0) is 4.79 Å². The summed E-state index contributed by atoms with van der Waals surface area (Å²) in [6.45, 7) is 2.77. The van der Waals surface area contributed by atoms with Crippen molar-refractivity contribution in [3.63, 3.8) is 0 Å². The third-order valence-electron chi connectivity index (χ3n) is 2.99. The Morgan fingerprint density at radius 2 is 1.96 bits per heavy atom. The number of amides is 1. The molecule has 1 aromatic carbocycles. The number of furan rings is 1. The molecular formula is C16H17N3O4. The zero-order valence-corrected chi connectivity index (χ0v) is 12.6. The first-order valence-corrected chi connectivity index (χ1v) is 7.05. The van der Waals surface area contributed by atoms with Crippen LogP contribution in [0.5, 0.6) is 0 Å². The molecule has 0 aliphatic rings. The van der Waals surface area contributed by atoms with Gasteiger partial charge in [-0.15, -0.1) is 0 Å². The fraction of sp³-hybridized carbons (Fsp3) is 0.188. The van der Waals surface area contributed by atoms with Crippen molar-refractivity contribution in [3.05, 3.63) is 64.1 Å². The molecule has 1 amide bonds. The summed E-state index contributed by atoms with van der Waals surface area (Å²) < 4.78 is 5.32. The lowest BCUT2D eigenvalue weighted by Crippen LogP contribution is -2.27. The van der Waals surface area contributed by atoms with Crippen LogP contribution in [0.3, 0.4) is 0 Å². The van der Waals surface area contributed by atoms with Crippen molar-refractivity contribution in [3.8, 4) is 0 Å². The summed E-state index contributed by atoms with van der Waals surface area (Å²) in [6, 6.07) is 9.71. The van der Waals surface area contributed by atoms with Crippen molar-refractivity contribution in [2.75, 3.05) is 18.4 Å². The maximum absolute atomic E-state index is 11.6. The molecule has 2 aromatic rings. The van der Waals surface area contributed by atoms with E-state index in [-0.39, 0.29) is 11.6 Å². The van der Waals surface area contributed by atoms with Crippen molar-refractivity contribution in [2.24, 2.45) is 0 Å². The number of nitro groups is 1. The maximum Gasteiger partial charge on any atom is 0.269 e. The van der Waals surface area contributed by atoms with Crippen LogP contribution < -0.4 is 10.6 Å². The van der Waals surface area contributed by atoms with Crippen molar-refractivity contribution in [1.29, 1.82) is 0 Å². The lowest BCUT2D eigenvalue weighted by atomic mass is 10.3. The molecule has 0 unspecified atom stereocenters. The number of aryl methyl sites for hydroxylation is 1. The molecule has 1 aromatic heterocycles. The highest BCUT2D eigenvalue weighted by molar-refractivity contribution is 5.91. The lowest BCUT2D eigenvalue weighted by molar-refractivity contribution is -0.384. The van der Waals surface area contributed by atoms with Crippen molar-refractivity contribution in [1.82, 2.24) is 5.32 Å². The number of benzene rings is 1. The number of anilines is 1. The molecule has 0 saturated heterocycles. The van der Waals surface area contributed by atoms with Gasteiger partial charge in [0.2, 0.25) is 5.91 Å². The quantitative estimate of drug-likeness (QED) is 0.354. The van der Waals surface area contributed by atoms with Gasteiger partial charge >= 0.3 is 0 Å². The van der Waals surface area contributed by atoms with Gasteiger partial charge in [-0.05, 0) is 37.3 Å². The smallest absolute Gasteiger partial charge is 0.269 e. The molecule has 0 aliphatic heterocycles. The Morgan fingerprint density at radius 3 is 2.57 bits per heavy atom. The highest BCUT2D eigenvalue weighted by Crippen LogP contribution is 2.14. The van der Waals surface area contributed by atoms with Crippen LogP contribution in [0, 0.1) is 17.0 Å². The number of carbonyl (C=O) groups excluding carboxylic acids is 1. The van der Waals surface area contributed by atoms with Crippen LogP contribution in [0.25, 0.3) is 6.08 Å². The second-order valence-electron chi connectivity index (χ2n) is 4.80. The van der Waals surface area contributed by atoms with Gasteiger partial charge < -0.3 is 15.1 Å². The summed E-state index contributed by atoms with van der Waals surface area (Å²) >= 11 is 0. The fourth-order valence-corrected chi connectivity index (χ4v) is 1.85. The SMILES string of the molecule is Cc1ccc(/C=C/C(=O)NCCNc2ccc([N+](=O)[O-])cc2)o1. The molecule has 2 N–H and O–H groups in total. The number of hydrogen-bond acceptors (Lipinski definition) is 5. The molecule has 0 atom stereocenters. The third-order valence-corrected chi connectivity index (χ3v) is 2.99. The van der Waals surface area contributed by atoms with E-state index < -0.39 is 4.92 Å². The lowest BCUT2D eigenvalue weighted by Gasteiger charge is -2.06. The number of nitrogens with zero attached hydrogens (tertiary/aromatic N) is 1. The minimum atomic E-state index is -0.448. The maximum atomic E-state index is 11.6. The molecule has 0 spiro atoms. The monoisotopic (exact) mass is 315 g/mol. The normalized spacial score (nSPS) is 10.7. The van der Waals surface area contributed by atoms with Crippen LogP contribution in [-0.4, -0.2) is 23.9 Å². The Hall–Kier alpha value is -3.09. The van der Waals surface area contributed by atoms with Crippen LogP contribution >= 0.6 is 0 Å². The molecule has 23 heavy (non-hydrogen) atoms. The summed E-state index contributed by atoms with van der Waals surface area (Å²) in [5.74, 6) is 1.20. The minimum absolute atomic E-state index is 0.0437. The van der Waals surface area contributed by atoms with E-state index in [0.717, 1.165) is 11.4 Å². The van der Waals surface area contributed by atoms with Gasteiger partial charge in [0.15, 0.2) is 0 Å². The van der Waals surface area contributed by atoms with E-state index in [1.807, 2.05) is 13.0 Å². The first-order valence-electron chi connectivity index (χ1n) is 7.05. The van der Waals surface area contributed by atoms with Crippen LogP contribution in [0.4, 0.5) is 11.4 Å². The first kappa shape index (κ1) is 16.3. The van der Waals surface area contributed by atoms with Crippen molar-refractivity contribution < 1.29 is 14.1 Å². The number of rotatable bonds is 7. The van der Waals surface area contributed by atoms with Gasteiger partial charge in [0.1, 0.15) is 11.5 Å². The second kappa shape index (κ2) is 7.79. The molecule has 0 fully saturated rings. The van der Waals surface area contributed by atoms with Gasteiger partial charge in [0.05, 0.1) is 4.92 Å². The van der Waals surface area contributed by atoms with Gasteiger partial charge in [-0.25, -0.2) is 0 Å². The number of nitrogens with one attached hydrogen (secondary N) is 2. The number of carbonyl (C=O) groups is 1. The standard InChI is InChI=1S/C16H17N3O4/c1-12-2-7-15(23-12)8-9-16(20)18-11-10-17-13-3-5-14(6-4-13)19(21)22/h2-9,17H,10-11H2,1H3,(H,18,20)/b9-8+. The topological polar surface area (TPSA) is 97.4 Å². The predicted molar refractivity (Wildman–Crippen MR) is 87.1 cm³/mol. The third kappa shape index (κ3) is 5.31. The van der Waals surface area contributed by atoms with Crippen LogP contribution in [0.2, 0.25) is 0 Å². The van der Waals surface area contributed by atoms with E-state index in [4.69, 9.17) is 4.42 Å². The number of hydrogen-bond donors (Lipinski definition) is 2. The molecule has 7 nitrogen and oxygen atoms in total. The highest BCUT2D eigenvalue weighted by atomic mass is 16.6. The predicted octanol–water partition coefficient (Wildman–Crippen LogP) is 2.74. The first-order chi connectivity index (χ1) is 11.0. The Morgan fingerprint density at radius 1 is 1.22 bits per heavy atom. The van der Waals surface area contributed by atoms with Gasteiger partial charge in [0.25, 0.3) is 5.69 Å². The molecule has 7 heteroatoms. The van der Waals surface area contributed by atoms with Crippen molar-refractivity contribution in [2.45, 2.75) is 6.92 Å². The molecular weight excluding hydrogens is 298 g/mol. The summed E-state index contributed by atoms with van der Waals surface area (Å²) in [4.78, 5) is 21.7. The molecule has 120 valence electrons. The van der Waals surface area contributed by atoms with Crippen molar-refractivity contribution >= 4 is 23.4 Å². The average molecular weight is 315 g/mol. The number of nitro benzene ring substituents is 1. The average Bonchev–Trinajstić information content (AvgIpc) is 2.95. The summed E-state index contributed by atoms with van der Waals surface area (Å²) in [5.41, 5.74) is 0.800. The Labute approximate surface area is 133 Å². The van der Waals surface area contributed by atoms with Crippen LogP contribution in [0.1, 0.15) is 11.5 Å². The van der Waals surface area contributed by atoms with E-state index in [1.165, 1.54) is 18.2 Å². The number of non-ortho nitro benzene ring substituents is 1. The van der Waals surface area contributed by atoms with E-state index in [1.54, 1.807) is 24.3 Å². The zero-order chi connectivity index (χ0) is 16.7. The zero-order valence-electron chi connectivity index (χ0n) is 12.6. The summed E-state index contributed by atoms with van der Waals surface area (Å²) in [7, 11) is 0.